The Bertz CT molecular complexity index is 398. The lowest BCUT2D eigenvalue weighted by atomic mass is 10.2. The molecule has 1 unspecified atom stereocenters. The van der Waals surface area contributed by atoms with Crippen molar-refractivity contribution in [1.29, 1.82) is 5.26 Å². The molecule has 1 atom stereocenters. The van der Waals surface area contributed by atoms with Crippen molar-refractivity contribution in [1.82, 2.24) is 10.3 Å². The quantitative estimate of drug-likeness (QED) is 0.818. The van der Waals surface area contributed by atoms with E-state index in [-0.39, 0.29) is 0 Å². The first-order valence-corrected chi connectivity index (χ1v) is 5.94. The Kier molecular flexibility index (Phi) is 5.44. The van der Waals surface area contributed by atoms with Gasteiger partial charge in [0.1, 0.15) is 11.8 Å². The molecule has 0 spiro atoms. The fourth-order valence-corrected chi connectivity index (χ4v) is 1.43. The Labute approximate surface area is 103 Å². The second-order valence-corrected chi connectivity index (χ2v) is 3.82. The van der Waals surface area contributed by atoms with Gasteiger partial charge in [0.15, 0.2) is 6.10 Å². The fourth-order valence-electron chi connectivity index (χ4n) is 1.43. The zero-order chi connectivity index (χ0) is 12.7. The third-order valence-corrected chi connectivity index (χ3v) is 2.40. The smallest absolute Gasteiger partial charge is 0.184 e. The van der Waals surface area contributed by atoms with Crippen LogP contribution < -0.4 is 10.1 Å². The van der Waals surface area contributed by atoms with E-state index in [2.05, 4.69) is 16.4 Å². The van der Waals surface area contributed by atoms with E-state index in [1.165, 1.54) is 0 Å². The van der Waals surface area contributed by atoms with Crippen LogP contribution in [-0.4, -0.2) is 17.6 Å². The fraction of sp³-hybridized carbons (Fsp3) is 0.538. The van der Waals surface area contributed by atoms with Crippen LogP contribution in [0.5, 0.6) is 5.75 Å². The largest absolute Gasteiger partial charge is 0.474 e. The Balaban J connectivity index is 2.86. The summed E-state index contributed by atoms with van der Waals surface area (Å²) in [6.45, 7) is 7.46. The Hall–Kier alpha value is -1.60. The van der Waals surface area contributed by atoms with Gasteiger partial charge in [0.25, 0.3) is 0 Å². The van der Waals surface area contributed by atoms with Crippen LogP contribution in [0.2, 0.25) is 0 Å². The zero-order valence-electron chi connectivity index (χ0n) is 10.7. The lowest BCUT2D eigenvalue weighted by Crippen LogP contribution is -2.18. The lowest BCUT2D eigenvalue weighted by molar-refractivity contribution is 0.247. The summed E-state index contributed by atoms with van der Waals surface area (Å²) >= 11 is 0. The summed E-state index contributed by atoms with van der Waals surface area (Å²) in [7, 11) is 0. The van der Waals surface area contributed by atoms with Crippen LogP contribution in [0, 0.1) is 18.3 Å². The zero-order valence-corrected chi connectivity index (χ0v) is 10.7. The van der Waals surface area contributed by atoms with Gasteiger partial charge in [-0.1, -0.05) is 13.8 Å². The van der Waals surface area contributed by atoms with E-state index >= 15 is 0 Å². The van der Waals surface area contributed by atoms with Crippen molar-refractivity contribution in [2.45, 2.75) is 39.8 Å². The van der Waals surface area contributed by atoms with Crippen LogP contribution >= 0.6 is 0 Å². The molecule has 0 aliphatic heterocycles. The average Bonchev–Trinajstić information content (AvgIpc) is 2.35. The van der Waals surface area contributed by atoms with Crippen molar-refractivity contribution in [3.63, 3.8) is 0 Å². The van der Waals surface area contributed by atoms with E-state index in [1.54, 1.807) is 0 Å². The molecule has 17 heavy (non-hydrogen) atoms. The molecule has 0 amide bonds. The molecule has 0 aliphatic rings. The van der Waals surface area contributed by atoms with Gasteiger partial charge in [0, 0.05) is 12.2 Å². The number of nitriles is 1. The first-order chi connectivity index (χ1) is 8.21. The van der Waals surface area contributed by atoms with Crippen LogP contribution in [0.1, 0.15) is 31.7 Å². The second-order valence-electron chi connectivity index (χ2n) is 3.82. The van der Waals surface area contributed by atoms with E-state index in [1.807, 2.05) is 32.9 Å². The Morgan fingerprint density at radius 2 is 2.24 bits per heavy atom. The van der Waals surface area contributed by atoms with Crippen LogP contribution in [0.25, 0.3) is 0 Å². The molecule has 1 aromatic rings. The van der Waals surface area contributed by atoms with Crippen LogP contribution in [0.15, 0.2) is 12.1 Å². The predicted molar refractivity (Wildman–Crippen MR) is 66.7 cm³/mol. The highest BCUT2D eigenvalue weighted by molar-refractivity contribution is 5.30. The highest BCUT2D eigenvalue weighted by Crippen LogP contribution is 2.19. The molecule has 4 heteroatoms. The van der Waals surface area contributed by atoms with E-state index < -0.39 is 6.10 Å². The molecule has 4 nitrogen and oxygen atoms in total. The maximum Gasteiger partial charge on any atom is 0.184 e. The first kappa shape index (κ1) is 13.5. The normalized spacial score (nSPS) is 11.9. The van der Waals surface area contributed by atoms with Gasteiger partial charge in [-0.15, -0.1) is 0 Å². The van der Waals surface area contributed by atoms with Gasteiger partial charge in [-0.25, -0.2) is 0 Å². The van der Waals surface area contributed by atoms with E-state index in [4.69, 9.17) is 10.00 Å². The third-order valence-electron chi connectivity index (χ3n) is 2.40. The predicted octanol–water partition coefficient (Wildman–Crippen LogP) is 2.18. The molecule has 0 bridgehead atoms. The standard InChI is InChI=1S/C13H19N3O/c1-4-11(8-14)17-13-7-6-10(3)16-12(13)9-15-5-2/h6-7,11,15H,4-5,9H2,1-3H3. The van der Waals surface area contributed by atoms with Crippen LogP contribution in [-0.2, 0) is 6.54 Å². The molecular weight excluding hydrogens is 214 g/mol. The van der Waals surface area contributed by atoms with Gasteiger partial charge in [-0.2, -0.15) is 5.26 Å². The number of nitrogens with one attached hydrogen (secondary N) is 1. The first-order valence-electron chi connectivity index (χ1n) is 5.94. The van der Waals surface area contributed by atoms with Crippen molar-refractivity contribution in [3.05, 3.63) is 23.5 Å². The molecule has 0 radical (unpaired) electrons. The van der Waals surface area contributed by atoms with Crippen molar-refractivity contribution < 1.29 is 4.74 Å². The molecule has 1 rings (SSSR count). The minimum Gasteiger partial charge on any atom is -0.474 e. The molecule has 92 valence electrons. The summed E-state index contributed by atoms with van der Waals surface area (Å²) in [4.78, 5) is 4.44. The van der Waals surface area contributed by atoms with Crippen molar-refractivity contribution >= 4 is 0 Å². The van der Waals surface area contributed by atoms with Crippen molar-refractivity contribution in [2.24, 2.45) is 0 Å². The maximum absolute atomic E-state index is 8.90. The van der Waals surface area contributed by atoms with Gasteiger partial charge in [0.2, 0.25) is 0 Å². The second kappa shape index (κ2) is 6.87. The topological polar surface area (TPSA) is 57.9 Å². The van der Waals surface area contributed by atoms with Crippen molar-refractivity contribution in [2.75, 3.05) is 6.54 Å². The SMILES string of the molecule is CCNCc1nc(C)ccc1OC(C#N)CC. The van der Waals surface area contributed by atoms with Gasteiger partial charge in [-0.3, -0.25) is 4.98 Å². The maximum atomic E-state index is 8.90. The summed E-state index contributed by atoms with van der Waals surface area (Å²) in [5, 5.41) is 12.1. The summed E-state index contributed by atoms with van der Waals surface area (Å²) in [6, 6.07) is 5.91. The number of nitrogens with zero attached hydrogens (tertiary/aromatic N) is 2. The van der Waals surface area contributed by atoms with Gasteiger partial charge in [-0.05, 0) is 32.0 Å². The molecular formula is C13H19N3O. The van der Waals surface area contributed by atoms with Crippen molar-refractivity contribution in [3.8, 4) is 11.8 Å². The molecule has 0 aliphatic carbocycles. The number of ether oxygens (including phenoxy) is 1. The number of hydrogen-bond donors (Lipinski definition) is 1. The minimum absolute atomic E-state index is 0.403. The average molecular weight is 233 g/mol. The molecule has 0 saturated carbocycles. The van der Waals surface area contributed by atoms with Crippen LogP contribution in [0.4, 0.5) is 0 Å². The van der Waals surface area contributed by atoms with E-state index in [9.17, 15) is 0 Å². The summed E-state index contributed by atoms with van der Waals surface area (Å²) in [5.74, 6) is 0.699. The molecule has 0 fully saturated rings. The van der Waals surface area contributed by atoms with E-state index in [0.29, 0.717) is 18.7 Å². The number of hydrogen-bond acceptors (Lipinski definition) is 4. The minimum atomic E-state index is -0.403. The summed E-state index contributed by atoms with van der Waals surface area (Å²) < 4.78 is 5.63. The van der Waals surface area contributed by atoms with E-state index in [0.717, 1.165) is 17.9 Å². The number of pyridine rings is 1. The third kappa shape index (κ3) is 4.04. The lowest BCUT2D eigenvalue weighted by Gasteiger charge is -2.14. The summed E-state index contributed by atoms with van der Waals surface area (Å²) in [5.41, 5.74) is 1.82. The molecule has 1 heterocycles. The molecule has 1 N–H and O–H groups in total. The molecule has 1 aromatic heterocycles. The Morgan fingerprint density at radius 1 is 1.47 bits per heavy atom. The Morgan fingerprint density at radius 3 is 2.82 bits per heavy atom. The number of aryl methyl sites for hydroxylation is 1. The molecule has 0 aromatic carbocycles. The summed E-state index contributed by atoms with van der Waals surface area (Å²) in [6.07, 6.45) is 0.269. The number of rotatable bonds is 6. The van der Waals surface area contributed by atoms with Crippen LogP contribution in [0.3, 0.4) is 0 Å². The van der Waals surface area contributed by atoms with Gasteiger partial charge in [0.05, 0.1) is 5.69 Å². The molecule has 0 saturated heterocycles. The highest BCUT2D eigenvalue weighted by Gasteiger charge is 2.11. The monoisotopic (exact) mass is 233 g/mol. The van der Waals surface area contributed by atoms with Gasteiger partial charge < -0.3 is 10.1 Å². The van der Waals surface area contributed by atoms with Gasteiger partial charge >= 0.3 is 0 Å². The number of aromatic nitrogens is 1. The highest BCUT2D eigenvalue weighted by atomic mass is 16.5.